The molecule has 5 nitrogen and oxygen atoms in total. The molecule has 3 rings (SSSR count). The van der Waals surface area contributed by atoms with Gasteiger partial charge in [-0.2, -0.15) is 5.10 Å². The maximum atomic E-state index is 12.3. The van der Waals surface area contributed by atoms with Gasteiger partial charge in [0.25, 0.3) is 0 Å². The second-order valence-corrected chi connectivity index (χ2v) is 8.30. The number of nitrogens with zero attached hydrogens (tertiary/aromatic N) is 2. The van der Waals surface area contributed by atoms with E-state index in [-0.39, 0.29) is 11.2 Å². The van der Waals surface area contributed by atoms with E-state index in [0.29, 0.717) is 18.2 Å². The molecule has 152 valence electrons. The quantitative estimate of drug-likeness (QED) is 0.392. The van der Waals surface area contributed by atoms with Crippen LogP contribution in [0.15, 0.2) is 52.7 Å². The number of ether oxygens (including phenoxy) is 1. The SMILES string of the molecule is CCCCOc1ccccc1/C=N/N=C1/NC(=O)C(Cc2ccc(C)c(C)c2)S1. The molecule has 29 heavy (non-hydrogen) atoms. The maximum Gasteiger partial charge on any atom is 0.239 e. The molecule has 0 bridgehead atoms. The highest BCUT2D eigenvalue weighted by atomic mass is 32.2. The number of para-hydroxylation sites is 1. The van der Waals surface area contributed by atoms with Gasteiger partial charge < -0.3 is 10.1 Å². The Morgan fingerprint density at radius 1 is 1.17 bits per heavy atom. The second-order valence-electron chi connectivity index (χ2n) is 7.11. The summed E-state index contributed by atoms with van der Waals surface area (Å²) in [6.45, 7) is 6.99. The minimum Gasteiger partial charge on any atom is -0.493 e. The van der Waals surface area contributed by atoms with Crippen LogP contribution in [0.4, 0.5) is 0 Å². The standard InChI is InChI=1S/C23H27N3O2S/c1-4-5-12-28-20-9-7-6-8-19(20)15-24-26-23-25-22(27)21(29-23)14-18-11-10-16(2)17(3)13-18/h6-11,13,15,21H,4-5,12,14H2,1-3H3,(H,25,26,27)/b24-15+. The maximum absolute atomic E-state index is 12.3. The van der Waals surface area contributed by atoms with Crippen LogP contribution in [0, 0.1) is 13.8 Å². The first kappa shape index (κ1) is 21.1. The molecular weight excluding hydrogens is 382 g/mol. The number of amides is 1. The lowest BCUT2D eigenvalue weighted by molar-refractivity contribution is -0.118. The first-order valence-electron chi connectivity index (χ1n) is 9.93. The van der Waals surface area contributed by atoms with Crippen LogP contribution < -0.4 is 10.1 Å². The third-order valence-corrected chi connectivity index (χ3v) is 5.86. The van der Waals surface area contributed by atoms with Crippen molar-refractivity contribution in [3.8, 4) is 5.75 Å². The Kier molecular flexibility index (Phi) is 7.47. The number of carbonyl (C=O) groups is 1. The van der Waals surface area contributed by atoms with Gasteiger partial charge in [0.1, 0.15) is 5.75 Å². The zero-order valence-corrected chi connectivity index (χ0v) is 18.0. The van der Waals surface area contributed by atoms with Crippen molar-refractivity contribution in [1.82, 2.24) is 5.32 Å². The van der Waals surface area contributed by atoms with Crippen molar-refractivity contribution in [3.05, 3.63) is 64.7 Å². The minimum atomic E-state index is -0.185. The Labute approximate surface area is 176 Å². The predicted octanol–water partition coefficient (Wildman–Crippen LogP) is 4.65. The molecule has 0 saturated carbocycles. The highest BCUT2D eigenvalue weighted by molar-refractivity contribution is 8.15. The lowest BCUT2D eigenvalue weighted by atomic mass is 10.0. The van der Waals surface area contributed by atoms with Crippen molar-refractivity contribution in [2.24, 2.45) is 10.2 Å². The van der Waals surface area contributed by atoms with Crippen LogP contribution in [-0.2, 0) is 11.2 Å². The zero-order valence-electron chi connectivity index (χ0n) is 17.1. The van der Waals surface area contributed by atoms with Crippen LogP contribution >= 0.6 is 11.8 Å². The van der Waals surface area contributed by atoms with Crippen molar-refractivity contribution < 1.29 is 9.53 Å². The fourth-order valence-electron chi connectivity index (χ4n) is 2.92. The van der Waals surface area contributed by atoms with Crippen molar-refractivity contribution >= 4 is 29.1 Å². The summed E-state index contributed by atoms with van der Waals surface area (Å²) in [7, 11) is 0. The third kappa shape index (κ3) is 5.94. The number of rotatable bonds is 8. The Hall–Kier alpha value is -2.60. The third-order valence-electron chi connectivity index (χ3n) is 4.79. The van der Waals surface area contributed by atoms with Crippen LogP contribution in [0.2, 0.25) is 0 Å². The molecular formula is C23H27N3O2S. The van der Waals surface area contributed by atoms with Crippen molar-refractivity contribution in [2.75, 3.05) is 6.61 Å². The van der Waals surface area contributed by atoms with Crippen molar-refractivity contribution in [3.63, 3.8) is 0 Å². The van der Waals surface area contributed by atoms with E-state index < -0.39 is 0 Å². The van der Waals surface area contributed by atoms with Gasteiger partial charge in [0, 0.05) is 5.56 Å². The van der Waals surface area contributed by atoms with E-state index >= 15 is 0 Å². The van der Waals surface area contributed by atoms with E-state index in [0.717, 1.165) is 29.7 Å². The summed E-state index contributed by atoms with van der Waals surface area (Å²) in [5.41, 5.74) is 4.52. The molecule has 0 aliphatic carbocycles. The molecule has 2 aromatic carbocycles. The molecule has 0 radical (unpaired) electrons. The lowest BCUT2D eigenvalue weighted by Crippen LogP contribution is -2.26. The summed E-state index contributed by atoms with van der Waals surface area (Å²) < 4.78 is 5.80. The topological polar surface area (TPSA) is 63.1 Å². The second kappa shape index (κ2) is 10.3. The van der Waals surface area contributed by atoms with Gasteiger partial charge in [-0.05, 0) is 55.5 Å². The number of carbonyl (C=O) groups excluding carboxylic acids is 1. The molecule has 1 atom stereocenters. The van der Waals surface area contributed by atoms with Gasteiger partial charge in [-0.1, -0.05) is 55.4 Å². The Bertz CT molecular complexity index is 924. The van der Waals surface area contributed by atoms with E-state index in [1.54, 1.807) is 6.21 Å². The summed E-state index contributed by atoms with van der Waals surface area (Å²) >= 11 is 1.42. The Balaban J connectivity index is 1.62. The first-order chi connectivity index (χ1) is 14.1. The van der Waals surface area contributed by atoms with E-state index in [9.17, 15) is 4.79 Å². The fourth-order valence-corrected chi connectivity index (χ4v) is 3.88. The molecule has 1 aliphatic heterocycles. The number of thioether (sulfide) groups is 1. The molecule has 0 spiro atoms. The summed E-state index contributed by atoms with van der Waals surface area (Å²) in [6, 6.07) is 14.1. The Morgan fingerprint density at radius 2 is 2.00 bits per heavy atom. The van der Waals surface area contributed by atoms with Crippen LogP contribution in [0.5, 0.6) is 5.75 Å². The molecule has 1 heterocycles. The number of aryl methyl sites for hydroxylation is 2. The van der Waals surface area contributed by atoms with Gasteiger partial charge in [-0.25, -0.2) is 0 Å². The lowest BCUT2D eigenvalue weighted by Gasteiger charge is -2.08. The molecule has 1 amide bonds. The van der Waals surface area contributed by atoms with Crippen LogP contribution in [-0.4, -0.2) is 29.1 Å². The fraction of sp³-hybridized carbons (Fsp3) is 0.348. The normalized spacial score (nSPS) is 17.8. The van der Waals surface area contributed by atoms with Gasteiger partial charge >= 0.3 is 0 Å². The number of nitrogens with one attached hydrogen (secondary N) is 1. The zero-order chi connectivity index (χ0) is 20.6. The smallest absolute Gasteiger partial charge is 0.239 e. The van der Waals surface area contributed by atoms with Gasteiger partial charge in [0.15, 0.2) is 5.17 Å². The number of unbranched alkanes of at least 4 members (excludes halogenated alkanes) is 1. The predicted molar refractivity (Wildman–Crippen MR) is 121 cm³/mol. The summed E-state index contributed by atoms with van der Waals surface area (Å²) in [4.78, 5) is 12.3. The molecule has 1 fully saturated rings. The van der Waals surface area contributed by atoms with Crippen LogP contribution in [0.1, 0.15) is 42.0 Å². The van der Waals surface area contributed by atoms with Crippen LogP contribution in [0.3, 0.4) is 0 Å². The van der Waals surface area contributed by atoms with E-state index in [4.69, 9.17) is 4.74 Å². The summed E-state index contributed by atoms with van der Waals surface area (Å²) in [5.74, 6) is 0.770. The number of hydrogen-bond donors (Lipinski definition) is 1. The van der Waals surface area contributed by atoms with Gasteiger partial charge in [-0.3, -0.25) is 4.79 Å². The number of amidine groups is 1. The largest absolute Gasteiger partial charge is 0.493 e. The number of hydrogen-bond acceptors (Lipinski definition) is 5. The van der Waals surface area contributed by atoms with E-state index in [1.165, 1.54) is 22.9 Å². The van der Waals surface area contributed by atoms with E-state index in [2.05, 4.69) is 54.5 Å². The van der Waals surface area contributed by atoms with Crippen LogP contribution in [0.25, 0.3) is 0 Å². The highest BCUT2D eigenvalue weighted by Crippen LogP contribution is 2.24. The highest BCUT2D eigenvalue weighted by Gasteiger charge is 2.30. The van der Waals surface area contributed by atoms with E-state index in [1.807, 2.05) is 24.3 Å². The Morgan fingerprint density at radius 3 is 2.79 bits per heavy atom. The van der Waals surface area contributed by atoms with Crippen molar-refractivity contribution in [2.45, 2.75) is 45.3 Å². The monoisotopic (exact) mass is 409 g/mol. The summed E-state index contributed by atoms with van der Waals surface area (Å²) in [6.07, 6.45) is 4.44. The molecule has 1 N–H and O–H groups in total. The molecule has 2 aromatic rings. The molecule has 1 aliphatic rings. The van der Waals surface area contributed by atoms with Gasteiger partial charge in [0.2, 0.25) is 5.91 Å². The van der Waals surface area contributed by atoms with Crippen molar-refractivity contribution in [1.29, 1.82) is 0 Å². The average Bonchev–Trinajstić information content (AvgIpc) is 3.05. The molecule has 0 aromatic heterocycles. The molecule has 6 heteroatoms. The molecule has 1 unspecified atom stereocenters. The number of benzene rings is 2. The summed E-state index contributed by atoms with van der Waals surface area (Å²) in [5, 5.41) is 11.5. The van der Waals surface area contributed by atoms with Gasteiger partial charge in [-0.15, -0.1) is 5.10 Å². The average molecular weight is 410 g/mol. The first-order valence-corrected chi connectivity index (χ1v) is 10.8. The molecule has 1 saturated heterocycles. The minimum absolute atomic E-state index is 0.0227. The van der Waals surface area contributed by atoms with Gasteiger partial charge in [0.05, 0.1) is 18.1 Å².